The minimum atomic E-state index is 0.203. The van der Waals surface area contributed by atoms with Crippen LogP contribution < -0.4 is 11.1 Å². The van der Waals surface area contributed by atoms with Gasteiger partial charge in [-0.1, -0.05) is 0 Å². The third kappa shape index (κ3) is 1.41. The predicted molar refractivity (Wildman–Crippen MR) is 38.1 cm³/mol. The maximum absolute atomic E-state index is 5.73. The van der Waals surface area contributed by atoms with Gasteiger partial charge in [0.25, 0.3) is 0 Å². The van der Waals surface area contributed by atoms with Crippen molar-refractivity contribution in [3.8, 4) is 0 Å². The van der Waals surface area contributed by atoms with Gasteiger partial charge in [-0.25, -0.2) is 0 Å². The van der Waals surface area contributed by atoms with E-state index in [2.05, 4.69) is 24.2 Å². The molecule has 54 valence electrons. The maximum Gasteiger partial charge on any atom is 0.0700 e. The third-order valence-corrected chi connectivity index (χ3v) is 2.01. The second-order valence-corrected chi connectivity index (χ2v) is 2.74. The van der Waals surface area contributed by atoms with E-state index < -0.39 is 0 Å². The Hall–Kier alpha value is -0.120. The van der Waals surface area contributed by atoms with Gasteiger partial charge in [-0.3, -0.25) is 4.90 Å². The van der Waals surface area contributed by atoms with Crippen LogP contribution in [0.5, 0.6) is 0 Å². The quantitative estimate of drug-likeness (QED) is 0.449. The molecule has 1 aliphatic rings. The Balaban J connectivity index is 2.41. The van der Waals surface area contributed by atoms with E-state index in [0.29, 0.717) is 6.04 Å². The van der Waals surface area contributed by atoms with Crippen LogP contribution in [-0.2, 0) is 0 Å². The van der Waals surface area contributed by atoms with Crippen molar-refractivity contribution >= 4 is 0 Å². The van der Waals surface area contributed by atoms with Crippen LogP contribution in [-0.4, -0.2) is 37.2 Å². The van der Waals surface area contributed by atoms with Crippen molar-refractivity contribution in [3.63, 3.8) is 0 Å². The predicted octanol–water partition coefficient (Wildman–Crippen LogP) is -0.805. The number of likely N-dealkylation sites (N-methyl/N-ethyl adjacent to an activating group) is 1. The molecule has 0 aromatic carbocycles. The summed E-state index contributed by atoms with van der Waals surface area (Å²) in [5, 5.41) is 3.25. The van der Waals surface area contributed by atoms with E-state index in [0.717, 1.165) is 13.1 Å². The van der Waals surface area contributed by atoms with Crippen molar-refractivity contribution in [1.29, 1.82) is 0 Å². The van der Waals surface area contributed by atoms with Gasteiger partial charge in [0.1, 0.15) is 0 Å². The van der Waals surface area contributed by atoms with Gasteiger partial charge in [0.05, 0.1) is 6.17 Å². The molecule has 2 atom stereocenters. The first kappa shape index (κ1) is 6.99. The van der Waals surface area contributed by atoms with Gasteiger partial charge >= 0.3 is 0 Å². The highest BCUT2D eigenvalue weighted by molar-refractivity contribution is 4.78. The SMILES string of the molecule is CC1CNCC(N)N1C. The van der Waals surface area contributed by atoms with Gasteiger partial charge in [0.15, 0.2) is 0 Å². The summed E-state index contributed by atoms with van der Waals surface area (Å²) in [6.07, 6.45) is 0.203. The van der Waals surface area contributed by atoms with Gasteiger partial charge in [-0.2, -0.15) is 0 Å². The van der Waals surface area contributed by atoms with Crippen LogP contribution in [0, 0.1) is 0 Å². The van der Waals surface area contributed by atoms with E-state index in [1.165, 1.54) is 0 Å². The number of hydrogen-bond donors (Lipinski definition) is 2. The molecular weight excluding hydrogens is 114 g/mol. The molecular formula is C6H15N3. The molecule has 1 saturated heterocycles. The first-order chi connectivity index (χ1) is 4.22. The van der Waals surface area contributed by atoms with E-state index in [1.54, 1.807) is 0 Å². The van der Waals surface area contributed by atoms with Gasteiger partial charge < -0.3 is 11.1 Å². The molecule has 3 nitrogen and oxygen atoms in total. The monoisotopic (exact) mass is 129 g/mol. The molecule has 2 unspecified atom stereocenters. The Kier molecular flexibility index (Phi) is 2.05. The van der Waals surface area contributed by atoms with Crippen LogP contribution >= 0.6 is 0 Å². The molecule has 0 spiro atoms. The van der Waals surface area contributed by atoms with Crippen LogP contribution in [0.15, 0.2) is 0 Å². The fourth-order valence-electron chi connectivity index (χ4n) is 1.05. The number of hydrogen-bond acceptors (Lipinski definition) is 3. The highest BCUT2D eigenvalue weighted by Gasteiger charge is 2.19. The van der Waals surface area contributed by atoms with Crippen LogP contribution in [0.2, 0.25) is 0 Å². The highest BCUT2D eigenvalue weighted by Crippen LogP contribution is 2.00. The first-order valence-corrected chi connectivity index (χ1v) is 3.40. The standard InChI is InChI=1S/C6H15N3/c1-5-3-8-4-6(7)9(5)2/h5-6,8H,3-4,7H2,1-2H3. The van der Waals surface area contributed by atoms with Crippen molar-refractivity contribution in [2.45, 2.75) is 19.1 Å². The fourth-order valence-corrected chi connectivity index (χ4v) is 1.05. The minimum absolute atomic E-state index is 0.203. The zero-order valence-corrected chi connectivity index (χ0v) is 6.09. The topological polar surface area (TPSA) is 41.3 Å². The van der Waals surface area contributed by atoms with Gasteiger partial charge in [-0.15, -0.1) is 0 Å². The lowest BCUT2D eigenvalue weighted by molar-refractivity contribution is 0.145. The summed E-state index contributed by atoms with van der Waals surface area (Å²) in [7, 11) is 2.07. The molecule has 1 aliphatic heterocycles. The number of piperazine rings is 1. The first-order valence-electron chi connectivity index (χ1n) is 3.40. The average molecular weight is 129 g/mol. The van der Waals surface area contributed by atoms with Crippen LogP contribution in [0.25, 0.3) is 0 Å². The summed E-state index contributed by atoms with van der Waals surface area (Å²) in [6, 6.07) is 0.578. The molecule has 1 fully saturated rings. The van der Waals surface area contributed by atoms with Crippen LogP contribution in [0.1, 0.15) is 6.92 Å². The van der Waals surface area contributed by atoms with E-state index in [9.17, 15) is 0 Å². The normalized spacial score (nSPS) is 39.0. The van der Waals surface area contributed by atoms with Crippen molar-refractivity contribution in [2.75, 3.05) is 20.1 Å². The lowest BCUT2D eigenvalue weighted by Gasteiger charge is -2.35. The largest absolute Gasteiger partial charge is 0.315 e. The molecule has 0 bridgehead atoms. The second kappa shape index (κ2) is 2.64. The molecule has 9 heavy (non-hydrogen) atoms. The van der Waals surface area contributed by atoms with E-state index in [4.69, 9.17) is 5.73 Å². The lowest BCUT2D eigenvalue weighted by Crippen LogP contribution is -2.58. The fraction of sp³-hybridized carbons (Fsp3) is 1.00. The van der Waals surface area contributed by atoms with Gasteiger partial charge in [0.2, 0.25) is 0 Å². The average Bonchev–Trinajstić information content (AvgIpc) is 1.83. The van der Waals surface area contributed by atoms with Crippen molar-refractivity contribution in [1.82, 2.24) is 10.2 Å². The van der Waals surface area contributed by atoms with Crippen LogP contribution in [0.3, 0.4) is 0 Å². The molecule has 3 heteroatoms. The Labute approximate surface area is 56.2 Å². The summed E-state index contributed by atoms with van der Waals surface area (Å²) in [6.45, 7) is 4.15. The summed E-state index contributed by atoms with van der Waals surface area (Å²) in [5.74, 6) is 0. The molecule has 0 saturated carbocycles. The van der Waals surface area contributed by atoms with Crippen molar-refractivity contribution < 1.29 is 0 Å². The zero-order valence-electron chi connectivity index (χ0n) is 6.09. The van der Waals surface area contributed by atoms with Crippen LogP contribution in [0.4, 0.5) is 0 Å². The molecule has 0 aromatic heterocycles. The Bertz CT molecular complexity index is 84.3. The molecule has 1 rings (SSSR count). The lowest BCUT2D eigenvalue weighted by atomic mass is 10.2. The number of nitrogens with zero attached hydrogens (tertiary/aromatic N) is 1. The number of rotatable bonds is 0. The molecule has 0 amide bonds. The van der Waals surface area contributed by atoms with E-state index >= 15 is 0 Å². The molecule has 0 radical (unpaired) electrons. The summed E-state index contributed by atoms with van der Waals surface area (Å²) in [5.41, 5.74) is 5.73. The maximum atomic E-state index is 5.73. The van der Waals surface area contributed by atoms with E-state index in [1.807, 2.05) is 0 Å². The Morgan fingerprint density at radius 3 is 2.67 bits per heavy atom. The highest BCUT2D eigenvalue weighted by atomic mass is 15.3. The second-order valence-electron chi connectivity index (χ2n) is 2.74. The van der Waals surface area contributed by atoms with Crippen molar-refractivity contribution in [3.05, 3.63) is 0 Å². The molecule has 0 aromatic rings. The summed E-state index contributed by atoms with van der Waals surface area (Å²) >= 11 is 0. The molecule has 1 heterocycles. The van der Waals surface area contributed by atoms with Gasteiger partial charge in [0, 0.05) is 19.1 Å². The minimum Gasteiger partial charge on any atom is -0.315 e. The summed E-state index contributed by atoms with van der Waals surface area (Å²) in [4.78, 5) is 2.19. The third-order valence-electron chi connectivity index (χ3n) is 2.01. The van der Waals surface area contributed by atoms with Gasteiger partial charge in [-0.05, 0) is 14.0 Å². The van der Waals surface area contributed by atoms with E-state index in [-0.39, 0.29) is 6.17 Å². The molecule has 3 N–H and O–H groups in total. The zero-order chi connectivity index (χ0) is 6.85. The smallest absolute Gasteiger partial charge is 0.0700 e. The summed E-state index contributed by atoms with van der Waals surface area (Å²) < 4.78 is 0. The van der Waals surface area contributed by atoms with Crippen molar-refractivity contribution in [2.24, 2.45) is 5.73 Å². The number of nitrogens with two attached hydrogens (primary N) is 1. The molecule has 0 aliphatic carbocycles. The Morgan fingerprint density at radius 1 is 1.56 bits per heavy atom. The Morgan fingerprint density at radius 2 is 2.22 bits per heavy atom. The number of nitrogens with one attached hydrogen (secondary N) is 1.